The number of methoxy groups -OCH3 is 6. The SMILES string of the molecule is CCC(=O)O[C@@H]1[C@]2(CC)C=CCN3CCC4(c5cc([C@@]6(C(=O)OC)CC7CN(CCc8c6[nH]c6ccccc86)C[C@](O)(CC)C7)c(OC)cc5N(C)C4[C@@]1(O)C(=O)OC)C32.CC[C@]1(O)CC2CN(CCc3c([nH]c4ccccc34)[C@@](C(=O)OC)(c3cc4c(cc3OC)N(C)C3C45CCN4CC=C[C@](CC)(C45)[C@@H](O)[C@]3(O)C(=O)OC)C2)C1. The van der Waals surface area contributed by atoms with Gasteiger partial charge in [-0.3, -0.25) is 34.0 Å². The third kappa shape index (κ3) is 10.6. The second-order valence-electron chi connectivity index (χ2n) is 36.1. The van der Waals surface area contributed by atoms with E-state index in [0.29, 0.717) is 152 Å². The quantitative estimate of drug-likeness (QED) is 0.0311. The predicted molar refractivity (Wildman–Crippen MR) is 436 cm³/mol. The van der Waals surface area contributed by atoms with Gasteiger partial charge in [-0.1, -0.05) is 95.3 Å². The number of aromatic nitrogens is 2. The summed E-state index contributed by atoms with van der Waals surface area (Å²) in [5.41, 5.74) is -3.04. The van der Waals surface area contributed by atoms with Gasteiger partial charge >= 0.3 is 29.8 Å². The number of hydrogen-bond acceptors (Lipinski definition) is 23. The van der Waals surface area contributed by atoms with Gasteiger partial charge in [0.1, 0.15) is 28.4 Å². The van der Waals surface area contributed by atoms with Gasteiger partial charge < -0.3 is 78.5 Å². The lowest BCUT2D eigenvalue weighted by Gasteiger charge is -2.63. The predicted octanol–water partition coefficient (Wildman–Crippen LogP) is 7.80. The highest BCUT2D eigenvalue weighted by Gasteiger charge is 2.82. The number of hydrogen-bond donors (Lipinski definition) is 7. The monoisotopic (exact) mass is 1590 g/mol. The molecule has 4 bridgehead atoms. The van der Waals surface area contributed by atoms with Crippen molar-refractivity contribution < 1.29 is 82.7 Å². The van der Waals surface area contributed by atoms with E-state index < -0.39 is 109 Å². The number of para-hydroxylation sites is 2. The van der Waals surface area contributed by atoms with E-state index in [-0.39, 0.29) is 30.3 Å². The topological polar surface area (TPSA) is 302 Å². The molecule has 0 radical (unpaired) electrons. The molecule has 6 aromatic rings. The minimum atomic E-state index is -2.30. The fraction of sp³-hybridized carbons (Fsp3) is 0.593. The number of nitrogens with zero attached hydrogens (tertiary/aromatic N) is 6. The van der Waals surface area contributed by atoms with E-state index in [4.69, 9.17) is 33.2 Å². The Morgan fingerprint density at radius 1 is 0.500 bits per heavy atom. The number of fused-ring (bicyclic) bond motifs is 12. The van der Waals surface area contributed by atoms with E-state index in [9.17, 15) is 39.9 Å². The number of aliphatic hydroxyl groups is 5. The molecule has 12 aliphatic rings. The molecule has 0 amide bonds. The van der Waals surface area contributed by atoms with Crippen LogP contribution in [0.5, 0.6) is 11.5 Å². The average molecular weight is 1590 g/mol. The molecule has 622 valence electrons. The largest absolute Gasteiger partial charge is 0.496 e. The van der Waals surface area contributed by atoms with E-state index in [1.807, 2.05) is 112 Å². The first-order valence-electron chi connectivity index (χ1n) is 42.1. The summed E-state index contributed by atoms with van der Waals surface area (Å²) in [6.45, 7) is 16.4. The van der Waals surface area contributed by atoms with Crippen LogP contribution in [-0.4, -0.2) is 266 Å². The van der Waals surface area contributed by atoms with Gasteiger partial charge in [-0.15, -0.1) is 0 Å². The number of likely N-dealkylation sites (N-methyl/N-ethyl adjacent to an activating group) is 2. The van der Waals surface area contributed by atoms with Gasteiger partial charge in [0, 0.05) is 174 Å². The molecule has 20 atom stereocenters. The minimum Gasteiger partial charge on any atom is -0.496 e. The Labute approximate surface area is 678 Å². The first kappa shape index (κ1) is 80.1. The molecule has 12 heterocycles. The van der Waals surface area contributed by atoms with Gasteiger partial charge in [0.05, 0.1) is 65.9 Å². The van der Waals surface area contributed by atoms with Crippen LogP contribution in [0.3, 0.4) is 0 Å². The normalized spacial score (nSPS) is 37.5. The van der Waals surface area contributed by atoms with Gasteiger partial charge in [-0.25, -0.2) is 9.59 Å². The maximum absolute atomic E-state index is 15.4. The van der Waals surface area contributed by atoms with Crippen LogP contribution in [0.1, 0.15) is 150 Å². The maximum atomic E-state index is 15.4. The van der Waals surface area contributed by atoms with Gasteiger partial charge in [0.2, 0.25) is 11.2 Å². The van der Waals surface area contributed by atoms with Crippen LogP contribution in [0.2, 0.25) is 0 Å². The third-order valence-corrected chi connectivity index (χ3v) is 31.2. The fourth-order valence-electron chi connectivity index (χ4n) is 26.7. The van der Waals surface area contributed by atoms with Crippen molar-refractivity contribution in [1.29, 1.82) is 0 Å². The van der Waals surface area contributed by atoms with E-state index in [1.165, 1.54) is 28.4 Å². The number of piperidine rings is 2. The van der Waals surface area contributed by atoms with Gasteiger partial charge in [-0.05, 0) is 148 Å². The highest BCUT2D eigenvalue weighted by molar-refractivity contribution is 5.97. The Morgan fingerprint density at radius 3 is 1.34 bits per heavy atom. The summed E-state index contributed by atoms with van der Waals surface area (Å²) in [7, 11) is 12.3. The van der Waals surface area contributed by atoms with Crippen LogP contribution in [0.25, 0.3) is 21.8 Å². The number of anilines is 2. The second kappa shape index (κ2) is 28.4. The molecule has 4 saturated heterocycles. The summed E-state index contributed by atoms with van der Waals surface area (Å²) < 4.78 is 41.8. The summed E-state index contributed by atoms with van der Waals surface area (Å²) >= 11 is 0. The summed E-state index contributed by atoms with van der Waals surface area (Å²) in [4.78, 5) is 93.4. The van der Waals surface area contributed by atoms with Crippen LogP contribution in [0.15, 0.2) is 97.1 Å². The summed E-state index contributed by atoms with van der Waals surface area (Å²) in [6.07, 6.45) is 11.9. The average Bonchev–Trinajstić information content (AvgIpc) is 1.45. The second-order valence-corrected chi connectivity index (χ2v) is 36.1. The van der Waals surface area contributed by atoms with Gasteiger partial charge in [0.25, 0.3) is 0 Å². The number of aromatic amines is 2. The van der Waals surface area contributed by atoms with Gasteiger partial charge in [0.15, 0.2) is 6.10 Å². The number of carbonyl (C=O) groups excluding carboxylic acids is 5. The molecule has 25 heteroatoms. The zero-order chi connectivity index (χ0) is 82.1. The number of ether oxygens (including phenoxy) is 7. The Hall–Kier alpha value is -8.37. The molecule has 116 heavy (non-hydrogen) atoms. The molecule has 10 unspecified atom stereocenters. The number of H-pyrrole nitrogens is 2. The van der Waals surface area contributed by atoms with Crippen molar-refractivity contribution in [3.63, 3.8) is 0 Å². The van der Waals surface area contributed by atoms with Crippen molar-refractivity contribution in [3.8, 4) is 11.5 Å². The van der Waals surface area contributed by atoms with Crippen molar-refractivity contribution in [2.24, 2.45) is 22.7 Å². The van der Waals surface area contributed by atoms with Gasteiger partial charge in [-0.2, -0.15) is 0 Å². The van der Waals surface area contributed by atoms with E-state index in [0.717, 1.165) is 79.9 Å². The lowest BCUT2D eigenvalue weighted by Crippen LogP contribution is -2.81. The molecular formula is C91H116N8O17. The summed E-state index contributed by atoms with van der Waals surface area (Å²) in [5.74, 6) is -2.37. The number of aliphatic hydroxyl groups excluding tert-OH is 1. The van der Waals surface area contributed by atoms with Crippen LogP contribution in [0, 0.1) is 22.7 Å². The highest BCUT2D eigenvalue weighted by atomic mass is 16.6. The van der Waals surface area contributed by atoms with Crippen molar-refractivity contribution in [3.05, 3.63) is 142 Å². The first-order valence-corrected chi connectivity index (χ1v) is 42.1. The highest BCUT2D eigenvalue weighted by Crippen LogP contribution is 2.71. The lowest BCUT2D eigenvalue weighted by atomic mass is 9.47. The Balaban J connectivity index is 0.000000167. The number of benzene rings is 4. The van der Waals surface area contributed by atoms with Crippen LogP contribution in [-0.2, 0) is 82.2 Å². The molecule has 18 rings (SSSR count). The van der Waals surface area contributed by atoms with Crippen LogP contribution >= 0.6 is 0 Å². The smallest absolute Gasteiger partial charge is 0.344 e. The standard InChI is InChI=1S/C47H60N4O9.C44H56N4O8/c1-8-36(52)60-40-44(10-3)17-13-19-51-21-18-45(38(44)51)31-22-32(35(57-5)23-34(31)49(4)39(45)47(40,56)42(54)59-7)46(41(53)58-6)25-28-24-43(55,9-2)27-50(26-28)20-16-30-29-14-11-12-15-33(29)48-37(30)46;1-7-40(52)22-26-23-43(38(50)55-5,34-28(14-18-47(24-26)25-40)27-12-9-10-13-31(27)45-34)30-20-29-32(21-33(30)54-4)46(3)36-42(29)16-19-48-17-11-15-41(8-2,35(42)48)37(49)44(36,53)39(51)56-6/h11-15,17,22-23,28,38-40,48,55-56H,8-10,16,18-21,24-27H2,1-7H3;9-13,15,20-21,26,35-37,45,49,52-53H,7-8,14,16-19,22-25H2,1-6H3/t28?,38?,39?,40-,43+,44-,45?,46+,47+;26?,35?,36?,37-,40+,41-,42?,43+,44+/m11/s1. The lowest BCUT2D eigenvalue weighted by molar-refractivity contribution is -0.229. The van der Waals surface area contributed by atoms with Crippen molar-refractivity contribution in [2.45, 2.75) is 199 Å². The Bertz CT molecular complexity index is 5020. The van der Waals surface area contributed by atoms with E-state index in [2.05, 4.69) is 66.0 Å². The number of rotatable bonds is 14. The van der Waals surface area contributed by atoms with Crippen molar-refractivity contribution in [2.75, 3.05) is 132 Å². The molecule has 2 aromatic heterocycles. The Kier molecular flexibility index (Phi) is 19.6. The molecule has 10 aliphatic heterocycles. The molecule has 6 fully saturated rings. The third-order valence-electron chi connectivity index (χ3n) is 31.2. The molecular weight excluding hydrogens is 1480 g/mol. The number of carbonyl (C=O) groups is 5. The van der Waals surface area contributed by atoms with E-state index in [1.54, 1.807) is 21.1 Å². The fourth-order valence-corrected chi connectivity index (χ4v) is 26.7. The van der Waals surface area contributed by atoms with Crippen LogP contribution < -0.4 is 19.3 Å². The zero-order valence-electron chi connectivity index (χ0n) is 69.4. The van der Waals surface area contributed by atoms with Crippen LogP contribution in [0.4, 0.5) is 11.4 Å². The summed E-state index contributed by atoms with van der Waals surface area (Å²) in [6, 6.07) is 22.0. The summed E-state index contributed by atoms with van der Waals surface area (Å²) in [5, 5.41) is 64.8. The number of nitrogens with one attached hydrogen (secondary N) is 2. The molecule has 25 nitrogen and oxygen atoms in total. The van der Waals surface area contributed by atoms with Crippen molar-refractivity contribution >= 4 is 63.0 Å². The minimum absolute atomic E-state index is 0.0673. The molecule has 2 saturated carbocycles. The molecule has 2 aliphatic carbocycles. The molecule has 7 N–H and O–H groups in total. The molecule has 2 spiro atoms. The van der Waals surface area contributed by atoms with Crippen molar-refractivity contribution in [1.82, 2.24) is 29.6 Å². The molecule has 4 aromatic carbocycles. The Morgan fingerprint density at radius 2 is 0.922 bits per heavy atom. The zero-order valence-corrected chi connectivity index (χ0v) is 69.4. The maximum Gasteiger partial charge on any atom is 0.344 e. The number of esters is 5. The van der Waals surface area contributed by atoms with E-state index >= 15 is 9.59 Å². The first-order chi connectivity index (χ1) is 55.6.